The van der Waals surface area contributed by atoms with Gasteiger partial charge in [0.25, 0.3) is 0 Å². The third kappa shape index (κ3) is 6.65. The minimum Gasteiger partial charge on any atom is -0.352 e. The van der Waals surface area contributed by atoms with Crippen molar-refractivity contribution in [2.24, 2.45) is 0 Å². The zero-order chi connectivity index (χ0) is 20.1. The Balaban J connectivity index is 1.82. The monoisotopic (exact) mass is 408 g/mol. The van der Waals surface area contributed by atoms with Crippen molar-refractivity contribution in [1.82, 2.24) is 10.0 Å². The molecule has 2 rings (SSSR count). The summed E-state index contributed by atoms with van der Waals surface area (Å²) in [6.07, 6.45) is 0.0624. The third-order valence-corrected chi connectivity index (χ3v) is 5.81. The molecule has 0 heterocycles. The fourth-order valence-corrected chi connectivity index (χ4v) is 3.57. The number of carbonyl (C=O) groups is 1. The molecule has 0 bridgehead atoms. The zero-order valence-electron chi connectivity index (χ0n) is 15.8. The molecule has 146 valence electrons. The number of carbonyl (C=O) groups excluding carboxylic acids is 1. The number of amides is 1. The van der Waals surface area contributed by atoms with E-state index < -0.39 is 10.0 Å². The van der Waals surface area contributed by atoms with Gasteiger partial charge in [-0.25, -0.2) is 13.1 Å². The van der Waals surface area contributed by atoms with E-state index in [2.05, 4.69) is 30.8 Å². The van der Waals surface area contributed by atoms with Crippen LogP contribution in [0.3, 0.4) is 0 Å². The predicted molar refractivity (Wildman–Crippen MR) is 108 cm³/mol. The molecule has 0 aliphatic rings. The maximum Gasteiger partial charge on any atom is 0.240 e. The molecule has 0 radical (unpaired) electrons. The Bertz CT molecular complexity index is 871. The summed E-state index contributed by atoms with van der Waals surface area (Å²) in [5.74, 6) is -0.226. The van der Waals surface area contributed by atoms with E-state index in [0.717, 1.165) is 11.1 Å². The lowest BCUT2D eigenvalue weighted by atomic mass is 9.87. The molecule has 0 fully saturated rings. The Morgan fingerprint density at radius 3 is 2.15 bits per heavy atom. The molecule has 0 aromatic heterocycles. The summed E-state index contributed by atoms with van der Waals surface area (Å²) in [6, 6.07) is 14.0. The molecule has 0 saturated carbocycles. The standard InChI is InChI=1S/C20H25ClN2O3S/c1-20(2,3)16-6-10-18(11-7-16)27(25,26)23-13-12-19(24)22-14-15-4-8-17(21)9-5-15/h4-11,23H,12-14H2,1-3H3,(H,22,24). The van der Waals surface area contributed by atoms with Gasteiger partial charge in [-0.05, 0) is 40.8 Å². The SMILES string of the molecule is CC(C)(C)c1ccc(S(=O)(=O)NCCC(=O)NCc2ccc(Cl)cc2)cc1. The highest BCUT2D eigenvalue weighted by atomic mass is 35.5. The van der Waals surface area contributed by atoms with E-state index in [1.807, 2.05) is 24.3 Å². The summed E-state index contributed by atoms with van der Waals surface area (Å²) >= 11 is 5.81. The van der Waals surface area contributed by atoms with Gasteiger partial charge in [0.05, 0.1) is 4.90 Å². The molecular formula is C20H25ClN2O3S. The fourth-order valence-electron chi connectivity index (χ4n) is 2.41. The second-order valence-corrected chi connectivity index (χ2v) is 9.53. The van der Waals surface area contributed by atoms with E-state index in [1.54, 1.807) is 24.3 Å². The molecule has 0 spiro atoms. The number of hydrogen-bond donors (Lipinski definition) is 2. The van der Waals surface area contributed by atoms with Gasteiger partial charge < -0.3 is 5.32 Å². The smallest absolute Gasteiger partial charge is 0.240 e. The molecule has 2 aromatic carbocycles. The average Bonchev–Trinajstić information content (AvgIpc) is 2.60. The molecule has 5 nitrogen and oxygen atoms in total. The second kappa shape index (κ2) is 8.87. The van der Waals surface area contributed by atoms with E-state index in [1.165, 1.54) is 0 Å². The average molecular weight is 409 g/mol. The van der Waals surface area contributed by atoms with Gasteiger partial charge in [-0.1, -0.05) is 56.6 Å². The number of nitrogens with one attached hydrogen (secondary N) is 2. The van der Waals surface area contributed by atoms with Gasteiger partial charge in [-0.3, -0.25) is 4.79 Å². The van der Waals surface area contributed by atoms with Crippen molar-refractivity contribution in [2.45, 2.75) is 44.0 Å². The first-order chi connectivity index (χ1) is 12.6. The van der Waals surface area contributed by atoms with Crippen molar-refractivity contribution in [2.75, 3.05) is 6.54 Å². The Morgan fingerprint density at radius 2 is 1.59 bits per heavy atom. The molecule has 0 unspecified atom stereocenters. The van der Waals surface area contributed by atoms with Crippen LogP contribution in [-0.4, -0.2) is 20.9 Å². The molecule has 2 N–H and O–H groups in total. The minimum absolute atomic E-state index is 0.0375. The lowest BCUT2D eigenvalue weighted by molar-refractivity contribution is -0.121. The molecular weight excluding hydrogens is 384 g/mol. The van der Waals surface area contributed by atoms with Crippen LogP contribution in [0.5, 0.6) is 0 Å². The summed E-state index contributed by atoms with van der Waals surface area (Å²) in [6.45, 7) is 6.61. The van der Waals surface area contributed by atoms with Crippen LogP contribution in [0.1, 0.15) is 38.3 Å². The maximum atomic E-state index is 12.3. The van der Waals surface area contributed by atoms with E-state index >= 15 is 0 Å². The van der Waals surface area contributed by atoms with Crippen molar-refractivity contribution in [3.63, 3.8) is 0 Å². The quantitative estimate of drug-likeness (QED) is 0.734. The van der Waals surface area contributed by atoms with Crippen LogP contribution in [-0.2, 0) is 26.8 Å². The Morgan fingerprint density at radius 1 is 1.00 bits per heavy atom. The molecule has 2 aromatic rings. The highest BCUT2D eigenvalue weighted by molar-refractivity contribution is 7.89. The number of hydrogen-bond acceptors (Lipinski definition) is 3. The summed E-state index contributed by atoms with van der Waals surface area (Å²) in [7, 11) is -3.63. The number of rotatable bonds is 7. The van der Waals surface area contributed by atoms with Crippen molar-refractivity contribution < 1.29 is 13.2 Å². The summed E-state index contributed by atoms with van der Waals surface area (Å²) in [5, 5.41) is 3.39. The Kier molecular flexibility index (Phi) is 7.03. The fraction of sp³-hybridized carbons (Fsp3) is 0.350. The molecule has 27 heavy (non-hydrogen) atoms. The van der Waals surface area contributed by atoms with Crippen molar-refractivity contribution in [3.05, 3.63) is 64.7 Å². The predicted octanol–water partition coefficient (Wildman–Crippen LogP) is 3.62. The maximum absolute atomic E-state index is 12.3. The van der Waals surface area contributed by atoms with E-state index in [0.29, 0.717) is 11.6 Å². The van der Waals surface area contributed by atoms with Crippen LogP contribution >= 0.6 is 11.6 Å². The normalized spacial score (nSPS) is 12.0. The van der Waals surface area contributed by atoms with Gasteiger partial charge >= 0.3 is 0 Å². The zero-order valence-corrected chi connectivity index (χ0v) is 17.3. The number of benzene rings is 2. The Hall–Kier alpha value is -1.89. The number of sulfonamides is 1. The second-order valence-electron chi connectivity index (χ2n) is 7.33. The minimum atomic E-state index is -3.63. The van der Waals surface area contributed by atoms with Crippen LogP contribution in [0.2, 0.25) is 5.02 Å². The highest BCUT2D eigenvalue weighted by Gasteiger charge is 2.17. The van der Waals surface area contributed by atoms with Crippen LogP contribution in [0, 0.1) is 0 Å². The van der Waals surface area contributed by atoms with Crippen molar-refractivity contribution >= 4 is 27.5 Å². The van der Waals surface area contributed by atoms with Crippen LogP contribution < -0.4 is 10.0 Å². The Labute approximate surface area is 166 Å². The largest absolute Gasteiger partial charge is 0.352 e. The van der Waals surface area contributed by atoms with Gasteiger partial charge in [-0.2, -0.15) is 0 Å². The van der Waals surface area contributed by atoms with Gasteiger partial charge in [0.1, 0.15) is 0 Å². The molecule has 0 aliphatic heterocycles. The third-order valence-electron chi connectivity index (χ3n) is 4.08. The van der Waals surface area contributed by atoms with Gasteiger partial charge in [0, 0.05) is 24.5 Å². The van der Waals surface area contributed by atoms with Crippen LogP contribution in [0.4, 0.5) is 0 Å². The summed E-state index contributed by atoms with van der Waals surface area (Å²) in [5.41, 5.74) is 1.94. The molecule has 1 amide bonds. The first-order valence-corrected chi connectivity index (χ1v) is 10.6. The van der Waals surface area contributed by atoms with Crippen molar-refractivity contribution in [3.8, 4) is 0 Å². The molecule has 7 heteroatoms. The topological polar surface area (TPSA) is 75.3 Å². The number of halogens is 1. The summed E-state index contributed by atoms with van der Waals surface area (Å²) < 4.78 is 27.1. The van der Waals surface area contributed by atoms with E-state index in [4.69, 9.17) is 11.6 Å². The van der Waals surface area contributed by atoms with Crippen LogP contribution in [0.15, 0.2) is 53.4 Å². The highest BCUT2D eigenvalue weighted by Crippen LogP contribution is 2.23. The lowest BCUT2D eigenvalue weighted by Gasteiger charge is -2.19. The summed E-state index contributed by atoms with van der Waals surface area (Å²) in [4.78, 5) is 12.1. The molecule has 0 saturated heterocycles. The first-order valence-electron chi connectivity index (χ1n) is 8.69. The van der Waals surface area contributed by atoms with Crippen molar-refractivity contribution in [1.29, 1.82) is 0 Å². The van der Waals surface area contributed by atoms with Crippen LogP contribution in [0.25, 0.3) is 0 Å². The van der Waals surface area contributed by atoms with Gasteiger partial charge in [0.15, 0.2) is 0 Å². The molecule has 0 aliphatic carbocycles. The van der Waals surface area contributed by atoms with E-state index in [9.17, 15) is 13.2 Å². The molecule has 0 atom stereocenters. The van der Waals surface area contributed by atoms with Gasteiger partial charge in [-0.15, -0.1) is 0 Å². The first kappa shape index (κ1) is 21.4. The van der Waals surface area contributed by atoms with E-state index in [-0.39, 0.29) is 29.2 Å². The van der Waals surface area contributed by atoms with Gasteiger partial charge in [0.2, 0.25) is 15.9 Å². The lowest BCUT2D eigenvalue weighted by Crippen LogP contribution is -2.30.